The zero-order valence-corrected chi connectivity index (χ0v) is 31.3. The van der Waals surface area contributed by atoms with E-state index in [9.17, 15) is 0 Å². The molecular formula is C45H32BN5OPt-2. The molecule has 2 aliphatic rings. The number of rotatable bonds is 6. The van der Waals surface area contributed by atoms with Crippen molar-refractivity contribution in [3.63, 3.8) is 0 Å². The van der Waals surface area contributed by atoms with Crippen molar-refractivity contribution >= 4 is 46.4 Å². The number of hydrogen-bond donors (Lipinski definition) is 0. The van der Waals surface area contributed by atoms with Crippen LogP contribution in [0.4, 0.5) is 22.9 Å². The van der Waals surface area contributed by atoms with Crippen molar-refractivity contribution in [2.45, 2.75) is 19.3 Å². The minimum atomic E-state index is -0.250. The van der Waals surface area contributed by atoms with Gasteiger partial charge in [0.25, 0.3) is 6.33 Å². The van der Waals surface area contributed by atoms with Crippen LogP contribution in [0.3, 0.4) is 0 Å². The van der Waals surface area contributed by atoms with Crippen LogP contribution in [0, 0.1) is 18.5 Å². The number of ether oxygens (including phenoxy) is 1. The number of imidazole rings is 1. The van der Waals surface area contributed by atoms with E-state index >= 15 is 0 Å². The van der Waals surface area contributed by atoms with E-state index in [1.54, 1.807) is 0 Å². The monoisotopic (exact) mass is 864 g/mol. The van der Waals surface area contributed by atoms with Gasteiger partial charge in [-0.25, -0.2) is 4.98 Å². The fraction of sp³-hybridized carbons (Fsp3) is 0.0667. The Morgan fingerprint density at radius 1 is 0.660 bits per heavy atom. The summed E-state index contributed by atoms with van der Waals surface area (Å²) < 4.78 is 10.9. The molecule has 10 rings (SSSR count). The van der Waals surface area contributed by atoms with Crippen molar-refractivity contribution in [3.8, 4) is 22.9 Å². The Labute approximate surface area is 323 Å². The largest absolute Gasteiger partial charge is 0.510 e. The molecule has 0 spiro atoms. The van der Waals surface area contributed by atoms with Crippen LogP contribution in [-0.2, 0) is 26.5 Å². The molecule has 0 radical (unpaired) electrons. The Morgan fingerprint density at radius 2 is 1.38 bits per heavy atom. The first-order chi connectivity index (χ1) is 25.6. The number of hydrogen-bond acceptors (Lipinski definition) is 4. The van der Waals surface area contributed by atoms with Crippen molar-refractivity contribution in [3.05, 3.63) is 187 Å². The number of nitrogens with zero attached hydrogens (tertiary/aromatic N) is 5. The molecule has 8 heteroatoms. The summed E-state index contributed by atoms with van der Waals surface area (Å²) in [5.41, 5.74) is 10.5. The average Bonchev–Trinajstić information content (AvgIpc) is 3.76. The summed E-state index contributed by atoms with van der Waals surface area (Å²) in [4.78, 5) is 9.50. The Bertz CT molecular complexity index is 2610. The number of para-hydroxylation sites is 3. The maximum atomic E-state index is 6.62. The molecule has 4 heterocycles. The number of anilines is 4. The maximum Gasteiger partial charge on any atom is 0.420 e. The van der Waals surface area contributed by atoms with E-state index < -0.39 is 0 Å². The number of aromatic nitrogens is 3. The van der Waals surface area contributed by atoms with Gasteiger partial charge in [0.15, 0.2) is 0 Å². The number of pyridine rings is 1. The van der Waals surface area contributed by atoms with Gasteiger partial charge < -0.3 is 18.9 Å². The molecule has 6 nitrogen and oxygen atoms in total. The van der Waals surface area contributed by atoms with Crippen molar-refractivity contribution in [2.24, 2.45) is 0 Å². The zero-order valence-electron chi connectivity index (χ0n) is 29.0. The summed E-state index contributed by atoms with van der Waals surface area (Å²) in [6, 6.07) is 59.5. The Kier molecular flexibility index (Phi) is 8.05. The van der Waals surface area contributed by atoms with Gasteiger partial charge in [-0.2, -0.15) is 12.1 Å². The molecule has 0 bridgehead atoms. The van der Waals surface area contributed by atoms with Crippen molar-refractivity contribution in [1.29, 1.82) is 0 Å². The van der Waals surface area contributed by atoms with E-state index in [0.29, 0.717) is 11.5 Å². The van der Waals surface area contributed by atoms with Crippen molar-refractivity contribution < 1.29 is 30.4 Å². The fourth-order valence-electron chi connectivity index (χ4n) is 7.86. The van der Waals surface area contributed by atoms with Crippen LogP contribution < -0.4 is 24.4 Å². The molecular weight excluding hydrogens is 832 g/mol. The first-order valence-corrected chi connectivity index (χ1v) is 17.5. The molecule has 2 aliphatic heterocycles. The predicted octanol–water partition coefficient (Wildman–Crippen LogP) is 8.82. The summed E-state index contributed by atoms with van der Waals surface area (Å²) in [5.74, 6) is 2.05. The predicted molar refractivity (Wildman–Crippen MR) is 207 cm³/mol. The van der Waals surface area contributed by atoms with Crippen LogP contribution in [0.5, 0.6) is 11.5 Å². The van der Waals surface area contributed by atoms with Gasteiger partial charge in [0.1, 0.15) is 5.82 Å². The molecule has 0 fully saturated rings. The summed E-state index contributed by atoms with van der Waals surface area (Å²) in [5, 5.41) is 0. The maximum absolute atomic E-state index is 6.62. The summed E-state index contributed by atoms with van der Waals surface area (Å²) in [6.07, 6.45) is 5.50. The van der Waals surface area contributed by atoms with Crippen molar-refractivity contribution in [2.75, 3.05) is 9.62 Å². The molecule has 2 aromatic heterocycles. The molecule has 53 heavy (non-hydrogen) atoms. The van der Waals surface area contributed by atoms with E-state index in [1.165, 1.54) is 5.56 Å². The Morgan fingerprint density at radius 3 is 2.17 bits per heavy atom. The molecule has 8 aromatic rings. The molecule has 6 aromatic carbocycles. The van der Waals surface area contributed by atoms with Crippen LogP contribution in [0.1, 0.15) is 25.0 Å². The van der Waals surface area contributed by atoms with Crippen molar-refractivity contribution in [1.82, 2.24) is 9.55 Å². The SMILES string of the molecule is CC1(C)c2ccc(Oc3[c-]c(N4B(c5ccccc5)N(c5ccccc5)c5cccnc54)ccc3)[c-]c2-n2[c-][n+](-c3ccccc3)c3cccc1c32.[Pt]. The first-order valence-electron chi connectivity index (χ1n) is 17.5. The molecule has 0 amide bonds. The van der Waals surface area contributed by atoms with E-state index in [0.717, 1.165) is 56.3 Å². The van der Waals surface area contributed by atoms with Crippen LogP contribution >= 0.6 is 0 Å². The fourth-order valence-corrected chi connectivity index (χ4v) is 7.86. The van der Waals surface area contributed by atoms with Crippen LogP contribution in [-0.4, -0.2) is 16.5 Å². The van der Waals surface area contributed by atoms with Crippen LogP contribution in [0.15, 0.2) is 158 Å². The van der Waals surface area contributed by atoms with Gasteiger partial charge in [0.2, 0.25) is 0 Å². The molecule has 0 saturated carbocycles. The molecule has 0 unspecified atom stereocenters. The third kappa shape index (κ3) is 5.30. The Balaban J connectivity index is 0.00000372. The van der Waals surface area contributed by atoms with E-state index in [-0.39, 0.29) is 33.5 Å². The van der Waals surface area contributed by atoms with Gasteiger partial charge in [-0.05, 0) is 58.5 Å². The molecule has 258 valence electrons. The van der Waals surface area contributed by atoms with E-state index in [1.807, 2.05) is 48.7 Å². The van der Waals surface area contributed by atoms with Gasteiger partial charge in [-0.15, -0.1) is 35.9 Å². The smallest absolute Gasteiger partial charge is 0.420 e. The summed E-state index contributed by atoms with van der Waals surface area (Å²) in [6.45, 7) is 4.36. The number of fused-ring (bicyclic) bond motifs is 3. The molecule has 0 aliphatic carbocycles. The second kappa shape index (κ2) is 12.9. The van der Waals surface area contributed by atoms with Gasteiger partial charge in [-0.3, -0.25) is 4.57 Å². The van der Waals surface area contributed by atoms with Crippen LogP contribution in [0.2, 0.25) is 0 Å². The minimum absolute atomic E-state index is 0. The average molecular weight is 865 g/mol. The van der Waals surface area contributed by atoms with Crippen LogP contribution in [0.25, 0.3) is 22.4 Å². The van der Waals surface area contributed by atoms with Gasteiger partial charge >= 0.3 is 6.98 Å². The zero-order chi connectivity index (χ0) is 34.8. The minimum Gasteiger partial charge on any atom is -0.510 e. The third-order valence-electron chi connectivity index (χ3n) is 10.3. The summed E-state index contributed by atoms with van der Waals surface area (Å²) in [7, 11) is 0. The summed E-state index contributed by atoms with van der Waals surface area (Å²) >= 11 is 0. The topological polar surface area (TPSA) is 37.4 Å². The van der Waals surface area contributed by atoms with Gasteiger partial charge in [0.05, 0.1) is 22.4 Å². The molecule has 0 atom stereocenters. The third-order valence-corrected chi connectivity index (χ3v) is 10.3. The van der Waals surface area contributed by atoms with Gasteiger partial charge in [0, 0.05) is 44.4 Å². The van der Waals surface area contributed by atoms with Gasteiger partial charge in [-0.1, -0.05) is 104 Å². The normalized spacial score (nSPS) is 13.7. The first kappa shape index (κ1) is 33.0. The second-order valence-electron chi connectivity index (χ2n) is 13.7. The van der Waals surface area contributed by atoms with E-state index in [4.69, 9.17) is 9.72 Å². The second-order valence-corrected chi connectivity index (χ2v) is 13.7. The Hall–Kier alpha value is -5.91. The molecule has 0 N–H and O–H groups in total. The van der Waals surface area contributed by atoms with E-state index in [2.05, 4.69) is 160 Å². The number of benzene rings is 6. The quantitative estimate of drug-likeness (QED) is 0.0953. The molecule has 0 saturated heterocycles. The standard InChI is InChI=1S/C45H32BN5O.Pt/c1-45(2)38-27-26-37(30-42(38)49-31-48(33-17-8-4-9-18-33)40-24-13-23-39(45)43(40)49)52-36-22-12-21-35(29-36)51-44-41(25-14-28-47-44)50(34-19-10-5-11-20-34)46(51)32-15-6-3-7-16-32;/h3-28H,1-2H3;/q-2;.